The zero-order chi connectivity index (χ0) is 18.8. The largest absolute Gasteiger partial charge is 0.397 e. The van der Waals surface area contributed by atoms with Gasteiger partial charge in [0, 0.05) is 33.5 Å². The van der Waals surface area contributed by atoms with Crippen molar-refractivity contribution in [2.45, 2.75) is 25.1 Å². The van der Waals surface area contributed by atoms with Crippen molar-refractivity contribution in [1.29, 1.82) is 0 Å². The summed E-state index contributed by atoms with van der Waals surface area (Å²) in [4.78, 5) is 0. The van der Waals surface area contributed by atoms with Gasteiger partial charge < -0.3 is 17.7 Å². The van der Waals surface area contributed by atoms with Crippen molar-refractivity contribution in [2.75, 3.05) is 27.4 Å². The standard InChI is InChI=1S/C20H30O4Si2/c1-5-23-25(24-6-2)20(19-15-11-8-12-16-19)26(21-3,22-4)17-18-13-9-7-10-14-18/h7-16,20,25H,5-6,17H2,1-4H3. The molecule has 0 aliphatic carbocycles. The van der Waals surface area contributed by atoms with Crippen molar-refractivity contribution >= 4 is 17.8 Å². The topological polar surface area (TPSA) is 36.9 Å². The Labute approximate surface area is 160 Å². The van der Waals surface area contributed by atoms with Gasteiger partial charge in [-0.2, -0.15) is 0 Å². The van der Waals surface area contributed by atoms with Gasteiger partial charge in [0.25, 0.3) is 0 Å². The van der Waals surface area contributed by atoms with Gasteiger partial charge in [0.1, 0.15) is 0 Å². The molecule has 2 rings (SSSR count). The normalized spacial score (nSPS) is 13.1. The highest BCUT2D eigenvalue weighted by atomic mass is 28.4. The number of rotatable bonds is 11. The fourth-order valence-electron chi connectivity index (χ4n) is 3.32. The van der Waals surface area contributed by atoms with Crippen LogP contribution in [0, 0.1) is 0 Å². The van der Waals surface area contributed by atoms with Crippen LogP contribution < -0.4 is 0 Å². The third-order valence-corrected chi connectivity index (χ3v) is 12.7. The van der Waals surface area contributed by atoms with E-state index in [-0.39, 0.29) is 5.16 Å². The monoisotopic (exact) mass is 390 g/mol. The fourth-order valence-corrected chi connectivity index (χ4v) is 11.1. The summed E-state index contributed by atoms with van der Waals surface area (Å²) < 4.78 is 24.6. The van der Waals surface area contributed by atoms with E-state index in [0.29, 0.717) is 13.2 Å². The van der Waals surface area contributed by atoms with Crippen molar-refractivity contribution in [3.05, 3.63) is 71.8 Å². The molecule has 0 aromatic heterocycles. The highest BCUT2D eigenvalue weighted by Gasteiger charge is 2.51. The van der Waals surface area contributed by atoms with Crippen LogP contribution in [-0.4, -0.2) is 45.3 Å². The van der Waals surface area contributed by atoms with E-state index >= 15 is 0 Å². The molecule has 1 unspecified atom stereocenters. The molecule has 1 atom stereocenters. The molecule has 0 spiro atoms. The van der Waals surface area contributed by atoms with Gasteiger partial charge in [-0.3, -0.25) is 0 Å². The molecule has 142 valence electrons. The van der Waals surface area contributed by atoms with Crippen molar-refractivity contribution in [3.63, 3.8) is 0 Å². The van der Waals surface area contributed by atoms with E-state index in [9.17, 15) is 0 Å². The van der Waals surface area contributed by atoms with Crippen molar-refractivity contribution in [3.8, 4) is 0 Å². The van der Waals surface area contributed by atoms with Gasteiger partial charge in [0.15, 0.2) is 0 Å². The molecule has 0 saturated carbocycles. The molecular weight excluding hydrogens is 360 g/mol. The van der Waals surface area contributed by atoms with E-state index in [2.05, 4.69) is 48.5 Å². The van der Waals surface area contributed by atoms with Crippen molar-refractivity contribution in [2.24, 2.45) is 0 Å². The first-order valence-corrected chi connectivity index (χ1v) is 12.8. The second-order valence-electron chi connectivity index (χ2n) is 6.05. The Morgan fingerprint density at radius 3 is 1.77 bits per heavy atom. The van der Waals surface area contributed by atoms with Gasteiger partial charge in [-0.05, 0) is 25.0 Å². The predicted molar refractivity (Wildman–Crippen MR) is 110 cm³/mol. The summed E-state index contributed by atoms with van der Waals surface area (Å²) in [6.45, 7) is 5.29. The molecule has 0 fully saturated rings. The maximum Gasteiger partial charge on any atom is 0.351 e. The zero-order valence-electron chi connectivity index (χ0n) is 16.2. The van der Waals surface area contributed by atoms with Crippen LogP contribution in [0.2, 0.25) is 0 Å². The zero-order valence-corrected chi connectivity index (χ0v) is 18.3. The van der Waals surface area contributed by atoms with Crippen LogP contribution in [0.25, 0.3) is 0 Å². The summed E-state index contributed by atoms with van der Waals surface area (Å²) in [5.41, 5.74) is 2.39. The lowest BCUT2D eigenvalue weighted by atomic mass is 10.2. The molecule has 26 heavy (non-hydrogen) atoms. The summed E-state index contributed by atoms with van der Waals surface area (Å²) in [6.07, 6.45) is 0. The van der Waals surface area contributed by atoms with Crippen molar-refractivity contribution in [1.82, 2.24) is 0 Å². The summed E-state index contributed by atoms with van der Waals surface area (Å²) in [7, 11) is -1.22. The van der Waals surface area contributed by atoms with Crippen LogP contribution in [0.1, 0.15) is 30.1 Å². The number of benzene rings is 2. The number of hydrogen-bond acceptors (Lipinski definition) is 4. The van der Waals surface area contributed by atoms with Gasteiger partial charge in [-0.15, -0.1) is 0 Å². The lowest BCUT2D eigenvalue weighted by molar-refractivity contribution is 0.190. The molecule has 0 radical (unpaired) electrons. The van der Waals surface area contributed by atoms with E-state index in [4.69, 9.17) is 17.7 Å². The minimum atomic E-state index is -2.68. The van der Waals surface area contributed by atoms with Crippen LogP contribution >= 0.6 is 0 Å². The maximum atomic E-state index is 6.17. The van der Waals surface area contributed by atoms with Gasteiger partial charge >= 0.3 is 17.8 Å². The van der Waals surface area contributed by atoms with Crippen molar-refractivity contribution < 1.29 is 17.7 Å². The molecule has 0 aliphatic heterocycles. The van der Waals surface area contributed by atoms with E-state index in [1.807, 2.05) is 26.0 Å². The van der Waals surface area contributed by atoms with Gasteiger partial charge in [0.05, 0.1) is 5.16 Å². The minimum absolute atomic E-state index is 0.0267. The molecule has 0 bridgehead atoms. The Bertz CT molecular complexity index is 614. The molecule has 0 heterocycles. The van der Waals surface area contributed by atoms with Gasteiger partial charge in [-0.1, -0.05) is 60.7 Å². The average molecular weight is 391 g/mol. The fraction of sp³-hybridized carbons (Fsp3) is 0.400. The third kappa shape index (κ3) is 5.12. The van der Waals surface area contributed by atoms with Crippen LogP contribution in [-0.2, 0) is 23.7 Å². The Hall–Kier alpha value is -1.29. The second-order valence-corrected chi connectivity index (χ2v) is 12.2. The maximum absolute atomic E-state index is 6.17. The molecule has 0 saturated heterocycles. The Kier molecular flexibility index (Phi) is 8.70. The lowest BCUT2D eigenvalue weighted by Crippen LogP contribution is -2.56. The highest BCUT2D eigenvalue weighted by Crippen LogP contribution is 2.34. The quantitative estimate of drug-likeness (QED) is 0.549. The van der Waals surface area contributed by atoms with E-state index in [0.717, 1.165) is 6.04 Å². The SMILES string of the molecule is CCO[SiH](OCC)C(c1ccccc1)[Si](Cc1ccccc1)(OC)OC. The van der Waals surface area contributed by atoms with Crippen LogP contribution in [0.4, 0.5) is 0 Å². The van der Waals surface area contributed by atoms with E-state index < -0.39 is 17.8 Å². The average Bonchev–Trinajstić information content (AvgIpc) is 2.69. The molecule has 0 amide bonds. The summed E-state index contributed by atoms with van der Waals surface area (Å²) in [5.74, 6) is 0. The van der Waals surface area contributed by atoms with Crippen LogP contribution in [0.3, 0.4) is 0 Å². The molecular formula is C20H30O4Si2. The first-order chi connectivity index (χ1) is 12.7. The van der Waals surface area contributed by atoms with Gasteiger partial charge in [0.2, 0.25) is 0 Å². The first-order valence-electron chi connectivity index (χ1n) is 9.13. The summed E-state index contributed by atoms with van der Waals surface area (Å²) in [6, 6.07) is 21.5. The molecule has 6 heteroatoms. The first kappa shape index (κ1) is 21.0. The molecule has 4 nitrogen and oxygen atoms in total. The third-order valence-electron chi connectivity index (χ3n) is 4.55. The van der Waals surface area contributed by atoms with Crippen LogP contribution in [0.15, 0.2) is 60.7 Å². The van der Waals surface area contributed by atoms with Gasteiger partial charge in [-0.25, -0.2) is 0 Å². The molecule has 2 aromatic carbocycles. The van der Waals surface area contributed by atoms with E-state index in [1.165, 1.54) is 11.1 Å². The van der Waals surface area contributed by atoms with E-state index in [1.54, 1.807) is 14.2 Å². The predicted octanol–water partition coefficient (Wildman–Crippen LogP) is 3.66. The smallest absolute Gasteiger partial charge is 0.351 e. The summed E-state index contributed by atoms with van der Waals surface area (Å²) >= 11 is 0. The Morgan fingerprint density at radius 2 is 1.31 bits per heavy atom. The molecule has 0 N–H and O–H groups in total. The summed E-state index contributed by atoms with van der Waals surface area (Å²) in [5, 5.41) is 0.0267. The second kappa shape index (κ2) is 10.8. The molecule has 2 aromatic rings. The highest BCUT2D eigenvalue weighted by molar-refractivity contribution is 6.80. The Morgan fingerprint density at radius 1 is 0.808 bits per heavy atom. The minimum Gasteiger partial charge on any atom is -0.397 e. The lowest BCUT2D eigenvalue weighted by Gasteiger charge is -2.38. The van der Waals surface area contributed by atoms with Crippen LogP contribution in [0.5, 0.6) is 0 Å². The number of hydrogen-bond donors (Lipinski definition) is 0. The molecule has 0 aliphatic rings. The Balaban J connectivity index is 2.50.